The fourth-order valence-corrected chi connectivity index (χ4v) is 4.01. The van der Waals surface area contributed by atoms with Gasteiger partial charge in [0.1, 0.15) is 0 Å². The first kappa shape index (κ1) is 21.6. The number of benzene rings is 3. The largest absolute Gasteiger partial charge is 0.481 e. The Hall–Kier alpha value is -3.07. The van der Waals surface area contributed by atoms with E-state index in [-0.39, 0.29) is 6.42 Å². The molecule has 0 fully saturated rings. The molecule has 3 aromatic carbocycles. The van der Waals surface area contributed by atoms with Gasteiger partial charge in [-0.3, -0.25) is 4.79 Å². The number of anilines is 1. The molecule has 0 spiro atoms. The molecule has 0 aromatic heterocycles. The Kier molecular flexibility index (Phi) is 7.29. The van der Waals surface area contributed by atoms with E-state index in [0.29, 0.717) is 6.42 Å². The summed E-state index contributed by atoms with van der Waals surface area (Å²) in [5, 5.41) is 8.88. The molecule has 0 saturated carbocycles. The molecule has 3 heteroatoms. The third-order valence-electron chi connectivity index (χ3n) is 5.49. The maximum atomic E-state index is 10.8. The van der Waals surface area contributed by atoms with Crippen LogP contribution in [0, 0.1) is 13.8 Å². The zero-order valence-electron chi connectivity index (χ0n) is 18.2. The molecular weight excluding hydrogens is 370 g/mol. The van der Waals surface area contributed by atoms with E-state index in [1.165, 1.54) is 33.5 Å². The number of carboxylic acid groups (broad SMARTS) is 1. The second-order valence-electron chi connectivity index (χ2n) is 7.95. The van der Waals surface area contributed by atoms with Gasteiger partial charge >= 0.3 is 5.97 Å². The van der Waals surface area contributed by atoms with Crippen molar-refractivity contribution in [2.75, 3.05) is 11.4 Å². The van der Waals surface area contributed by atoms with Gasteiger partial charge in [0.25, 0.3) is 0 Å². The predicted molar refractivity (Wildman–Crippen MR) is 125 cm³/mol. The van der Waals surface area contributed by atoms with Crippen LogP contribution in [0.5, 0.6) is 0 Å². The Morgan fingerprint density at radius 2 is 1.57 bits per heavy atom. The van der Waals surface area contributed by atoms with Crippen LogP contribution in [0.4, 0.5) is 5.69 Å². The summed E-state index contributed by atoms with van der Waals surface area (Å²) in [5.41, 5.74) is 8.72. The molecule has 3 aromatic rings. The second-order valence-corrected chi connectivity index (χ2v) is 7.95. The SMILES string of the molecule is CCCN(Cc1cccc(-c2c(C)cccc2C)c1)c1ccc(CCC(=O)O)cc1. The first-order chi connectivity index (χ1) is 14.5. The monoisotopic (exact) mass is 401 g/mol. The van der Waals surface area contributed by atoms with Crippen molar-refractivity contribution >= 4 is 11.7 Å². The number of carbonyl (C=O) groups is 1. The van der Waals surface area contributed by atoms with Crippen LogP contribution in [0.15, 0.2) is 66.7 Å². The zero-order chi connectivity index (χ0) is 21.5. The summed E-state index contributed by atoms with van der Waals surface area (Å²) in [6.07, 6.45) is 1.81. The molecule has 3 rings (SSSR count). The molecular formula is C27H31NO2. The molecule has 0 radical (unpaired) electrons. The van der Waals surface area contributed by atoms with Crippen molar-refractivity contribution in [1.29, 1.82) is 0 Å². The van der Waals surface area contributed by atoms with Gasteiger partial charge in [-0.2, -0.15) is 0 Å². The van der Waals surface area contributed by atoms with Gasteiger partial charge in [0, 0.05) is 25.2 Å². The van der Waals surface area contributed by atoms with Gasteiger partial charge in [-0.15, -0.1) is 0 Å². The Bertz CT molecular complexity index is 972. The van der Waals surface area contributed by atoms with Crippen LogP contribution in [0.3, 0.4) is 0 Å². The molecule has 0 unspecified atom stereocenters. The number of hydrogen-bond donors (Lipinski definition) is 1. The summed E-state index contributed by atoms with van der Waals surface area (Å²) in [4.78, 5) is 13.2. The van der Waals surface area contributed by atoms with Crippen molar-refractivity contribution in [2.45, 2.75) is 46.6 Å². The summed E-state index contributed by atoms with van der Waals surface area (Å²) >= 11 is 0. The molecule has 0 heterocycles. The van der Waals surface area contributed by atoms with Crippen LogP contribution >= 0.6 is 0 Å². The van der Waals surface area contributed by atoms with Crippen LogP contribution < -0.4 is 4.90 Å². The van der Waals surface area contributed by atoms with Gasteiger partial charge in [0.05, 0.1) is 0 Å². The minimum atomic E-state index is -0.754. The molecule has 156 valence electrons. The minimum Gasteiger partial charge on any atom is -0.481 e. The van der Waals surface area contributed by atoms with E-state index in [2.05, 4.69) is 80.3 Å². The van der Waals surface area contributed by atoms with Crippen molar-refractivity contribution in [3.8, 4) is 11.1 Å². The number of aryl methyl sites for hydroxylation is 3. The average molecular weight is 402 g/mol. The third kappa shape index (κ3) is 5.50. The molecule has 0 atom stereocenters. The van der Waals surface area contributed by atoms with Gasteiger partial charge in [-0.25, -0.2) is 0 Å². The Balaban J connectivity index is 1.81. The Morgan fingerprint density at radius 3 is 2.20 bits per heavy atom. The molecule has 30 heavy (non-hydrogen) atoms. The molecule has 0 saturated heterocycles. The van der Waals surface area contributed by atoms with E-state index in [0.717, 1.165) is 25.1 Å². The Morgan fingerprint density at radius 1 is 0.900 bits per heavy atom. The average Bonchev–Trinajstić information content (AvgIpc) is 2.72. The topological polar surface area (TPSA) is 40.5 Å². The van der Waals surface area contributed by atoms with E-state index >= 15 is 0 Å². The number of rotatable bonds is 9. The van der Waals surface area contributed by atoms with Gasteiger partial charge in [0.15, 0.2) is 0 Å². The lowest BCUT2D eigenvalue weighted by Crippen LogP contribution is -2.23. The standard InChI is InChI=1S/C27H31NO2/c1-4-17-28(25-14-11-22(12-15-25)13-16-26(29)30)19-23-9-6-10-24(18-23)27-20(2)7-5-8-21(27)3/h5-12,14-15,18H,4,13,16-17,19H2,1-3H3,(H,29,30). The van der Waals surface area contributed by atoms with Gasteiger partial charge in [-0.1, -0.05) is 55.5 Å². The molecule has 0 aliphatic carbocycles. The van der Waals surface area contributed by atoms with Crippen molar-refractivity contribution in [3.63, 3.8) is 0 Å². The quantitative estimate of drug-likeness (QED) is 0.451. The first-order valence-corrected chi connectivity index (χ1v) is 10.7. The van der Waals surface area contributed by atoms with Gasteiger partial charge in [0.2, 0.25) is 0 Å². The Labute approximate surface area is 180 Å². The summed E-state index contributed by atoms with van der Waals surface area (Å²) in [6, 6.07) is 23.6. The summed E-state index contributed by atoms with van der Waals surface area (Å²) < 4.78 is 0. The minimum absolute atomic E-state index is 0.170. The molecule has 0 aliphatic heterocycles. The molecule has 3 nitrogen and oxygen atoms in total. The number of aliphatic carboxylic acids is 1. The van der Waals surface area contributed by atoms with Crippen molar-refractivity contribution < 1.29 is 9.90 Å². The van der Waals surface area contributed by atoms with E-state index in [4.69, 9.17) is 5.11 Å². The molecule has 0 aliphatic rings. The number of carboxylic acids is 1. The van der Waals surface area contributed by atoms with Crippen molar-refractivity contribution in [2.24, 2.45) is 0 Å². The number of nitrogens with zero attached hydrogens (tertiary/aromatic N) is 1. The summed E-state index contributed by atoms with van der Waals surface area (Å²) in [6.45, 7) is 8.36. The lowest BCUT2D eigenvalue weighted by molar-refractivity contribution is -0.136. The maximum Gasteiger partial charge on any atom is 0.303 e. The lowest BCUT2D eigenvalue weighted by atomic mass is 9.94. The van der Waals surface area contributed by atoms with Gasteiger partial charge in [-0.05, 0) is 78.3 Å². The maximum absolute atomic E-state index is 10.8. The lowest BCUT2D eigenvalue weighted by Gasteiger charge is -2.25. The molecule has 0 bridgehead atoms. The third-order valence-corrected chi connectivity index (χ3v) is 5.49. The van der Waals surface area contributed by atoms with E-state index in [9.17, 15) is 4.79 Å². The molecule has 1 N–H and O–H groups in total. The summed E-state index contributed by atoms with van der Waals surface area (Å²) in [5.74, 6) is -0.754. The highest BCUT2D eigenvalue weighted by Gasteiger charge is 2.10. The van der Waals surface area contributed by atoms with E-state index in [1.54, 1.807) is 0 Å². The van der Waals surface area contributed by atoms with Gasteiger partial charge < -0.3 is 10.0 Å². The van der Waals surface area contributed by atoms with E-state index in [1.807, 2.05) is 12.1 Å². The second kappa shape index (κ2) is 10.1. The van der Waals surface area contributed by atoms with Crippen LogP contribution in [0.1, 0.15) is 42.0 Å². The zero-order valence-corrected chi connectivity index (χ0v) is 18.2. The highest BCUT2D eigenvalue weighted by Crippen LogP contribution is 2.28. The smallest absolute Gasteiger partial charge is 0.303 e. The normalized spacial score (nSPS) is 10.8. The first-order valence-electron chi connectivity index (χ1n) is 10.7. The summed E-state index contributed by atoms with van der Waals surface area (Å²) in [7, 11) is 0. The van der Waals surface area contributed by atoms with Crippen LogP contribution in [0.2, 0.25) is 0 Å². The highest BCUT2D eigenvalue weighted by atomic mass is 16.4. The van der Waals surface area contributed by atoms with Crippen LogP contribution in [-0.2, 0) is 17.8 Å². The van der Waals surface area contributed by atoms with Crippen molar-refractivity contribution in [1.82, 2.24) is 0 Å². The predicted octanol–water partition coefficient (Wildman–Crippen LogP) is 6.40. The highest BCUT2D eigenvalue weighted by molar-refractivity contribution is 5.71. The fraction of sp³-hybridized carbons (Fsp3) is 0.296. The van der Waals surface area contributed by atoms with Crippen LogP contribution in [0.25, 0.3) is 11.1 Å². The molecule has 0 amide bonds. The van der Waals surface area contributed by atoms with E-state index < -0.39 is 5.97 Å². The number of hydrogen-bond acceptors (Lipinski definition) is 2. The van der Waals surface area contributed by atoms with Crippen molar-refractivity contribution in [3.05, 3.63) is 89.0 Å². The van der Waals surface area contributed by atoms with Crippen LogP contribution in [-0.4, -0.2) is 17.6 Å². The fourth-order valence-electron chi connectivity index (χ4n) is 4.01.